The number of hydrogen-bond acceptors (Lipinski definition) is 6. The molecule has 3 rings (SSSR count). The Balaban J connectivity index is 1.82. The van der Waals surface area contributed by atoms with E-state index in [1.807, 2.05) is 0 Å². The van der Waals surface area contributed by atoms with Gasteiger partial charge in [-0.05, 0) is 36.4 Å². The fourth-order valence-corrected chi connectivity index (χ4v) is 2.21. The predicted octanol–water partition coefficient (Wildman–Crippen LogP) is 2.27. The van der Waals surface area contributed by atoms with Crippen molar-refractivity contribution in [2.45, 2.75) is 0 Å². The number of phenolic OH excluding ortho intramolecular Hbond substituents is 1. The topological polar surface area (TPSA) is 101 Å². The highest BCUT2D eigenvalue weighted by Gasteiger charge is 2.08. The summed E-state index contributed by atoms with van der Waals surface area (Å²) in [5, 5.41) is 13.5. The first kappa shape index (κ1) is 16.3. The van der Waals surface area contributed by atoms with E-state index in [9.17, 15) is 14.7 Å². The number of methoxy groups -OCH3 is 1. The smallest absolute Gasteiger partial charge is 0.271 e. The number of aromatic hydroxyl groups is 1. The second-order valence-electron chi connectivity index (χ2n) is 5.13. The number of hydrogen-bond donors (Lipinski definition) is 2. The number of carbonyl (C=O) groups excluding carboxylic acids is 1. The first-order valence-electron chi connectivity index (χ1n) is 7.30. The first-order chi connectivity index (χ1) is 12.1. The Morgan fingerprint density at radius 3 is 2.88 bits per heavy atom. The predicted molar refractivity (Wildman–Crippen MR) is 92.2 cm³/mol. The molecule has 0 fully saturated rings. The van der Waals surface area contributed by atoms with Crippen LogP contribution in [-0.4, -0.2) is 24.3 Å². The molecule has 0 bridgehead atoms. The van der Waals surface area contributed by atoms with Crippen molar-refractivity contribution in [2.75, 3.05) is 7.11 Å². The number of ether oxygens (including phenoxy) is 1. The number of benzene rings is 2. The minimum absolute atomic E-state index is 0.0271. The Morgan fingerprint density at radius 2 is 2.12 bits per heavy atom. The van der Waals surface area contributed by atoms with Crippen LogP contribution < -0.4 is 15.6 Å². The quantitative estimate of drug-likeness (QED) is 0.561. The average Bonchev–Trinajstić information content (AvgIpc) is 2.63. The van der Waals surface area contributed by atoms with Crippen LogP contribution in [0.1, 0.15) is 15.9 Å². The molecular formula is C18H14N2O5. The zero-order valence-corrected chi connectivity index (χ0v) is 13.2. The molecule has 25 heavy (non-hydrogen) atoms. The Hall–Kier alpha value is -3.61. The van der Waals surface area contributed by atoms with Crippen molar-refractivity contribution in [3.8, 4) is 11.5 Å². The minimum Gasteiger partial charge on any atom is -0.508 e. The van der Waals surface area contributed by atoms with E-state index in [1.54, 1.807) is 24.3 Å². The molecule has 2 aromatic carbocycles. The number of nitrogens with one attached hydrogen (secondary N) is 1. The number of rotatable bonds is 4. The molecule has 7 heteroatoms. The number of hydrazone groups is 1. The van der Waals surface area contributed by atoms with Gasteiger partial charge in [0.1, 0.15) is 23.3 Å². The van der Waals surface area contributed by atoms with Gasteiger partial charge in [-0.2, -0.15) is 5.10 Å². The maximum atomic E-state index is 12.4. The van der Waals surface area contributed by atoms with Crippen LogP contribution in [-0.2, 0) is 0 Å². The van der Waals surface area contributed by atoms with Crippen LogP contribution in [0.25, 0.3) is 11.0 Å². The Morgan fingerprint density at radius 1 is 1.28 bits per heavy atom. The monoisotopic (exact) mass is 338 g/mol. The zero-order chi connectivity index (χ0) is 17.8. The Bertz CT molecular complexity index is 1020. The van der Waals surface area contributed by atoms with Gasteiger partial charge in [-0.1, -0.05) is 6.07 Å². The highest BCUT2D eigenvalue weighted by atomic mass is 16.5. The van der Waals surface area contributed by atoms with Crippen LogP contribution in [0.3, 0.4) is 0 Å². The van der Waals surface area contributed by atoms with Crippen LogP contribution in [0.15, 0.2) is 63.0 Å². The molecule has 0 radical (unpaired) electrons. The molecule has 0 saturated heterocycles. The van der Waals surface area contributed by atoms with Crippen LogP contribution in [0.5, 0.6) is 11.5 Å². The van der Waals surface area contributed by atoms with E-state index in [4.69, 9.17) is 9.15 Å². The Kier molecular flexibility index (Phi) is 4.47. The van der Waals surface area contributed by atoms with E-state index in [-0.39, 0.29) is 22.3 Å². The van der Waals surface area contributed by atoms with Crippen molar-refractivity contribution in [1.82, 2.24) is 5.43 Å². The molecule has 0 atom stereocenters. The third-order valence-electron chi connectivity index (χ3n) is 3.48. The fraction of sp³-hybridized carbons (Fsp3) is 0.0556. The minimum atomic E-state index is -0.515. The van der Waals surface area contributed by atoms with E-state index in [0.29, 0.717) is 16.7 Å². The maximum Gasteiger partial charge on any atom is 0.271 e. The van der Waals surface area contributed by atoms with Crippen molar-refractivity contribution in [3.63, 3.8) is 0 Å². The van der Waals surface area contributed by atoms with E-state index >= 15 is 0 Å². The summed E-state index contributed by atoms with van der Waals surface area (Å²) in [6.45, 7) is 0. The van der Waals surface area contributed by atoms with Crippen LogP contribution in [0.2, 0.25) is 0 Å². The van der Waals surface area contributed by atoms with E-state index < -0.39 is 5.91 Å². The van der Waals surface area contributed by atoms with Crippen molar-refractivity contribution in [1.29, 1.82) is 0 Å². The van der Waals surface area contributed by atoms with Crippen molar-refractivity contribution >= 4 is 23.1 Å². The number of fused-ring (bicyclic) bond motifs is 1. The van der Waals surface area contributed by atoms with Gasteiger partial charge in [-0.25, -0.2) is 5.43 Å². The highest BCUT2D eigenvalue weighted by molar-refractivity contribution is 5.95. The molecule has 0 aliphatic rings. The zero-order valence-electron chi connectivity index (χ0n) is 13.2. The molecule has 0 aliphatic carbocycles. The van der Waals surface area contributed by atoms with Gasteiger partial charge in [-0.15, -0.1) is 0 Å². The number of amides is 1. The lowest BCUT2D eigenvalue weighted by Crippen LogP contribution is -2.18. The highest BCUT2D eigenvalue weighted by Crippen LogP contribution is 2.18. The third kappa shape index (κ3) is 3.50. The van der Waals surface area contributed by atoms with Crippen LogP contribution >= 0.6 is 0 Å². The van der Waals surface area contributed by atoms with Crippen LogP contribution in [0.4, 0.5) is 0 Å². The van der Waals surface area contributed by atoms with Gasteiger partial charge >= 0.3 is 0 Å². The summed E-state index contributed by atoms with van der Waals surface area (Å²) in [5.74, 6) is -0.00850. The molecule has 0 saturated carbocycles. The summed E-state index contributed by atoms with van der Waals surface area (Å²) in [4.78, 5) is 24.3. The molecule has 1 aromatic heterocycles. The van der Waals surface area contributed by atoms with Crippen LogP contribution in [0, 0.1) is 0 Å². The molecule has 126 valence electrons. The molecule has 3 aromatic rings. The summed E-state index contributed by atoms with van der Waals surface area (Å²) >= 11 is 0. The first-order valence-corrected chi connectivity index (χ1v) is 7.30. The number of nitrogens with zero attached hydrogens (tertiary/aromatic N) is 1. The van der Waals surface area contributed by atoms with Crippen molar-refractivity contribution in [3.05, 3.63) is 70.1 Å². The molecular weight excluding hydrogens is 324 g/mol. The van der Waals surface area contributed by atoms with Gasteiger partial charge in [0.2, 0.25) is 5.43 Å². The lowest BCUT2D eigenvalue weighted by Gasteiger charge is -2.02. The van der Waals surface area contributed by atoms with Gasteiger partial charge in [0.25, 0.3) is 5.91 Å². The average molecular weight is 338 g/mol. The lowest BCUT2D eigenvalue weighted by molar-refractivity contribution is 0.0954. The van der Waals surface area contributed by atoms with Gasteiger partial charge in [0, 0.05) is 5.56 Å². The number of carbonyl (C=O) groups is 1. The normalized spacial score (nSPS) is 10.9. The second-order valence-corrected chi connectivity index (χ2v) is 5.13. The van der Waals surface area contributed by atoms with E-state index in [0.717, 1.165) is 0 Å². The molecule has 0 aliphatic heterocycles. The second kappa shape index (κ2) is 6.88. The summed E-state index contributed by atoms with van der Waals surface area (Å²) < 4.78 is 10.5. The van der Waals surface area contributed by atoms with Crippen molar-refractivity contribution < 1.29 is 19.1 Å². The van der Waals surface area contributed by atoms with Gasteiger partial charge in [-0.3, -0.25) is 9.59 Å². The molecule has 2 N–H and O–H groups in total. The largest absolute Gasteiger partial charge is 0.508 e. The molecule has 0 spiro atoms. The van der Waals surface area contributed by atoms with Gasteiger partial charge < -0.3 is 14.3 Å². The third-order valence-corrected chi connectivity index (χ3v) is 3.48. The summed E-state index contributed by atoms with van der Waals surface area (Å²) in [7, 11) is 1.50. The Labute approximate surface area is 142 Å². The van der Waals surface area contributed by atoms with Gasteiger partial charge in [0.05, 0.1) is 24.3 Å². The standard InChI is InChI=1S/C18H14N2O5/c1-24-14-5-6-16-15(8-14)17(22)12(10-25-16)9-19-20-18(23)11-3-2-4-13(21)7-11/h2-10,21H,1H3,(H,20,23)/b19-9+. The molecule has 7 nitrogen and oxygen atoms in total. The maximum absolute atomic E-state index is 12.4. The molecule has 1 heterocycles. The SMILES string of the molecule is COc1ccc2occ(/C=N/NC(=O)c3cccc(O)c3)c(=O)c2c1. The van der Waals surface area contributed by atoms with Gasteiger partial charge in [0.15, 0.2) is 0 Å². The summed E-state index contributed by atoms with van der Waals surface area (Å²) in [6, 6.07) is 10.7. The lowest BCUT2D eigenvalue weighted by atomic mass is 10.2. The molecule has 1 amide bonds. The van der Waals surface area contributed by atoms with E-state index in [1.165, 1.54) is 37.8 Å². The van der Waals surface area contributed by atoms with Crippen molar-refractivity contribution in [2.24, 2.45) is 5.10 Å². The summed E-state index contributed by atoms with van der Waals surface area (Å²) in [5.41, 5.74) is 2.83. The molecule has 0 unspecified atom stereocenters. The van der Waals surface area contributed by atoms with E-state index in [2.05, 4.69) is 10.5 Å². The number of phenols is 1. The fourth-order valence-electron chi connectivity index (χ4n) is 2.21. The summed E-state index contributed by atoms with van der Waals surface area (Å²) in [6.07, 6.45) is 2.46.